The van der Waals surface area contributed by atoms with Crippen LogP contribution in [0.2, 0.25) is 0 Å². The number of hydrogen-bond acceptors (Lipinski definition) is 3. The highest BCUT2D eigenvalue weighted by Crippen LogP contribution is 2.35. The third kappa shape index (κ3) is 2.13. The molecule has 3 nitrogen and oxygen atoms in total. The summed E-state index contributed by atoms with van der Waals surface area (Å²) >= 11 is 1.39. The molecule has 1 amide bonds. The number of carbonyl (C=O) groups excluding carboxylic acids is 1. The lowest BCUT2D eigenvalue weighted by molar-refractivity contribution is -0.115. The van der Waals surface area contributed by atoms with Crippen molar-refractivity contribution < 1.29 is 9.18 Å². The number of fused-ring (bicyclic) bond motifs is 1. The van der Waals surface area contributed by atoms with Crippen molar-refractivity contribution in [3.05, 3.63) is 24.0 Å². The Morgan fingerprint density at radius 1 is 1.60 bits per heavy atom. The monoisotopic (exact) mass is 226 g/mol. The summed E-state index contributed by atoms with van der Waals surface area (Å²) in [6, 6.07) is 4.38. The Balaban J connectivity index is 2.26. The van der Waals surface area contributed by atoms with Gasteiger partial charge in [0.1, 0.15) is 11.1 Å². The summed E-state index contributed by atoms with van der Waals surface area (Å²) < 4.78 is 13.0. The maximum Gasteiger partial charge on any atom is 0.239 e. The van der Waals surface area contributed by atoms with E-state index in [0.717, 1.165) is 4.90 Å². The molecule has 0 spiro atoms. The zero-order valence-corrected chi connectivity index (χ0v) is 9.03. The van der Waals surface area contributed by atoms with Crippen LogP contribution in [0.3, 0.4) is 0 Å². The van der Waals surface area contributed by atoms with Crippen LogP contribution in [0.15, 0.2) is 23.1 Å². The summed E-state index contributed by atoms with van der Waals surface area (Å²) in [5.74, 6) is -0.311. The van der Waals surface area contributed by atoms with Crippen molar-refractivity contribution in [2.45, 2.75) is 10.1 Å². The summed E-state index contributed by atoms with van der Waals surface area (Å²) in [6.07, 6.45) is 0. The molecule has 1 aliphatic heterocycles. The topological polar surface area (TPSA) is 41.1 Å². The van der Waals surface area contributed by atoms with Crippen LogP contribution in [-0.2, 0) is 4.79 Å². The van der Waals surface area contributed by atoms with E-state index in [-0.39, 0.29) is 17.0 Å². The van der Waals surface area contributed by atoms with Gasteiger partial charge in [0.05, 0.1) is 5.69 Å². The Morgan fingerprint density at radius 3 is 3.13 bits per heavy atom. The van der Waals surface area contributed by atoms with E-state index < -0.39 is 0 Å². The second-order valence-electron chi connectivity index (χ2n) is 3.29. The van der Waals surface area contributed by atoms with E-state index >= 15 is 0 Å². The molecule has 0 aromatic heterocycles. The Morgan fingerprint density at radius 2 is 2.40 bits per heavy atom. The first-order chi connectivity index (χ1) is 7.20. The second-order valence-corrected chi connectivity index (χ2v) is 4.54. The van der Waals surface area contributed by atoms with Crippen molar-refractivity contribution in [2.75, 3.05) is 18.9 Å². The first kappa shape index (κ1) is 10.4. The number of thioether (sulfide) groups is 1. The van der Waals surface area contributed by atoms with Gasteiger partial charge in [0.15, 0.2) is 0 Å². The number of halogens is 1. The lowest BCUT2D eigenvalue weighted by Crippen LogP contribution is -2.36. The maximum atomic E-state index is 13.0. The Kier molecular flexibility index (Phi) is 2.93. The molecular weight excluding hydrogens is 215 g/mol. The molecule has 0 saturated heterocycles. The Hall–Kier alpha value is -1.07. The third-order valence-electron chi connectivity index (χ3n) is 2.15. The van der Waals surface area contributed by atoms with Crippen LogP contribution in [0.4, 0.5) is 10.1 Å². The van der Waals surface area contributed by atoms with Gasteiger partial charge in [0.25, 0.3) is 0 Å². The largest absolute Gasteiger partial charge is 0.324 e. The van der Waals surface area contributed by atoms with Gasteiger partial charge in [0.2, 0.25) is 5.91 Å². The standard InChI is InChI=1S/C10H11FN2OS/c1-12-5-9-10(14)13-7-3-2-6(11)4-8(7)15-9/h2-4,9,12H,5H2,1H3,(H,13,14). The molecule has 5 heteroatoms. The SMILES string of the molecule is CNCC1Sc2cc(F)ccc2NC1=O. The number of nitrogens with one attached hydrogen (secondary N) is 2. The molecule has 1 aliphatic rings. The average molecular weight is 226 g/mol. The molecule has 2 N–H and O–H groups in total. The fourth-order valence-electron chi connectivity index (χ4n) is 1.44. The van der Waals surface area contributed by atoms with Crippen molar-refractivity contribution in [1.82, 2.24) is 5.32 Å². The number of carbonyl (C=O) groups is 1. The molecule has 80 valence electrons. The first-order valence-corrected chi connectivity index (χ1v) is 5.50. The van der Waals surface area contributed by atoms with Crippen LogP contribution in [-0.4, -0.2) is 24.7 Å². The molecule has 0 radical (unpaired) electrons. The fraction of sp³-hybridized carbons (Fsp3) is 0.300. The van der Waals surface area contributed by atoms with E-state index in [1.54, 1.807) is 13.1 Å². The molecule has 0 aliphatic carbocycles. The highest BCUT2D eigenvalue weighted by Gasteiger charge is 2.26. The molecule has 0 fully saturated rings. The molecule has 1 atom stereocenters. The van der Waals surface area contributed by atoms with Gasteiger partial charge in [-0.1, -0.05) is 0 Å². The summed E-state index contributed by atoms with van der Waals surface area (Å²) in [5.41, 5.74) is 0.693. The zero-order chi connectivity index (χ0) is 10.8. The normalized spacial score (nSPS) is 19.6. The average Bonchev–Trinajstić information content (AvgIpc) is 2.20. The van der Waals surface area contributed by atoms with E-state index in [1.165, 1.54) is 23.9 Å². The smallest absolute Gasteiger partial charge is 0.239 e. The van der Waals surface area contributed by atoms with Crippen LogP contribution < -0.4 is 10.6 Å². The highest BCUT2D eigenvalue weighted by atomic mass is 32.2. The van der Waals surface area contributed by atoms with Crippen LogP contribution >= 0.6 is 11.8 Å². The molecular formula is C10H11FN2OS. The van der Waals surface area contributed by atoms with Gasteiger partial charge in [-0.15, -0.1) is 11.8 Å². The van der Waals surface area contributed by atoms with Crippen molar-refractivity contribution in [1.29, 1.82) is 0 Å². The van der Waals surface area contributed by atoms with E-state index in [0.29, 0.717) is 12.2 Å². The summed E-state index contributed by atoms with van der Waals surface area (Å²) in [4.78, 5) is 12.4. The molecule has 0 saturated carbocycles. The van der Waals surface area contributed by atoms with Gasteiger partial charge in [-0.3, -0.25) is 4.79 Å². The number of anilines is 1. The molecule has 1 heterocycles. The van der Waals surface area contributed by atoms with Gasteiger partial charge < -0.3 is 10.6 Å². The van der Waals surface area contributed by atoms with Gasteiger partial charge in [-0.2, -0.15) is 0 Å². The van der Waals surface area contributed by atoms with Gasteiger partial charge in [-0.05, 0) is 25.2 Å². The van der Waals surface area contributed by atoms with E-state index in [4.69, 9.17) is 0 Å². The number of rotatable bonds is 2. The molecule has 1 aromatic rings. The summed E-state index contributed by atoms with van der Waals surface area (Å²) in [6.45, 7) is 0.576. The van der Waals surface area contributed by atoms with E-state index in [1.807, 2.05) is 0 Å². The minimum absolute atomic E-state index is 0.0338. The van der Waals surface area contributed by atoms with Crippen LogP contribution in [0.25, 0.3) is 0 Å². The minimum atomic E-state index is -0.277. The molecule has 2 rings (SSSR count). The third-order valence-corrected chi connectivity index (χ3v) is 3.41. The summed E-state index contributed by atoms with van der Waals surface area (Å²) in [5, 5.41) is 5.50. The van der Waals surface area contributed by atoms with Crippen molar-refractivity contribution in [3.8, 4) is 0 Å². The second kappa shape index (κ2) is 4.20. The molecule has 15 heavy (non-hydrogen) atoms. The molecule has 1 aromatic carbocycles. The van der Waals surface area contributed by atoms with E-state index in [2.05, 4.69) is 10.6 Å². The number of hydrogen-bond donors (Lipinski definition) is 2. The number of benzene rings is 1. The molecule has 0 bridgehead atoms. The Bertz CT molecular complexity index is 397. The van der Waals surface area contributed by atoms with Crippen LogP contribution in [0.5, 0.6) is 0 Å². The Labute approximate surface area is 91.4 Å². The van der Waals surface area contributed by atoms with Gasteiger partial charge in [0, 0.05) is 11.4 Å². The predicted octanol–water partition coefficient (Wildman–Crippen LogP) is 1.46. The van der Waals surface area contributed by atoms with Crippen molar-refractivity contribution >= 4 is 23.4 Å². The maximum absolute atomic E-state index is 13.0. The molecule has 1 unspecified atom stereocenters. The predicted molar refractivity (Wildman–Crippen MR) is 58.6 cm³/mol. The van der Waals surface area contributed by atoms with E-state index in [9.17, 15) is 9.18 Å². The lowest BCUT2D eigenvalue weighted by atomic mass is 10.3. The fourth-order valence-corrected chi connectivity index (χ4v) is 2.59. The summed E-state index contributed by atoms with van der Waals surface area (Å²) in [7, 11) is 1.79. The van der Waals surface area contributed by atoms with Gasteiger partial charge in [-0.25, -0.2) is 4.39 Å². The lowest BCUT2D eigenvalue weighted by Gasteiger charge is -2.23. The van der Waals surface area contributed by atoms with Crippen LogP contribution in [0, 0.1) is 5.82 Å². The van der Waals surface area contributed by atoms with Crippen molar-refractivity contribution in [2.24, 2.45) is 0 Å². The quantitative estimate of drug-likeness (QED) is 0.802. The first-order valence-electron chi connectivity index (χ1n) is 4.62. The minimum Gasteiger partial charge on any atom is -0.324 e. The zero-order valence-electron chi connectivity index (χ0n) is 8.21. The van der Waals surface area contributed by atoms with Crippen molar-refractivity contribution in [3.63, 3.8) is 0 Å². The van der Waals surface area contributed by atoms with Gasteiger partial charge >= 0.3 is 0 Å². The van der Waals surface area contributed by atoms with Crippen LogP contribution in [0.1, 0.15) is 0 Å². The highest BCUT2D eigenvalue weighted by molar-refractivity contribution is 8.01. The number of amides is 1.